The van der Waals surface area contributed by atoms with Gasteiger partial charge < -0.3 is 4.74 Å². The quantitative estimate of drug-likeness (QED) is 0.525. The molecule has 0 bridgehead atoms. The van der Waals surface area contributed by atoms with Gasteiger partial charge in [-0.15, -0.1) is 0 Å². The molecule has 2 aliphatic carbocycles. The van der Waals surface area contributed by atoms with Crippen LogP contribution in [0.5, 0.6) is 0 Å². The van der Waals surface area contributed by atoms with Gasteiger partial charge in [-0.2, -0.15) is 0 Å². The Morgan fingerprint density at radius 3 is 2.36 bits per heavy atom. The van der Waals surface area contributed by atoms with Crippen LogP contribution in [0, 0.1) is 17.3 Å². The summed E-state index contributed by atoms with van der Waals surface area (Å²) in [7, 11) is 0. The smallest absolute Gasteiger partial charge is 0.0950 e. The van der Waals surface area contributed by atoms with Gasteiger partial charge >= 0.3 is 0 Å². The summed E-state index contributed by atoms with van der Waals surface area (Å²) >= 11 is 0. The molecule has 0 N–H and O–H groups in total. The van der Waals surface area contributed by atoms with Crippen molar-refractivity contribution in [2.45, 2.75) is 38.7 Å². The van der Waals surface area contributed by atoms with Crippen molar-refractivity contribution in [1.82, 2.24) is 0 Å². The lowest BCUT2D eigenvalue weighted by atomic mass is 9.90. The molecule has 3 rings (SSSR count). The van der Waals surface area contributed by atoms with Crippen LogP contribution in [0.2, 0.25) is 0 Å². The molecule has 1 nitrogen and oxygen atoms in total. The molecule has 3 atom stereocenters. The van der Waals surface area contributed by atoms with Gasteiger partial charge in [0.1, 0.15) is 0 Å². The van der Waals surface area contributed by atoms with Gasteiger partial charge in [0.15, 0.2) is 0 Å². The van der Waals surface area contributed by atoms with Crippen LogP contribution in [0.4, 0.5) is 0 Å². The molecule has 3 fully saturated rings. The first-order valence-corrected chi connectivity index (χ1v) is 4.84. The van der Waals surface area contributed by atoms with E-state index in [1.54, 1.807) is 0 Å². The molecule has 11 heavy (non-hydrogen) atoms. The van der Waals surface area contributed by atoms with Crippen LogP contribution in [0.15, 0.2) is 0 Å². The van der Waals surface area contributed by atoms with Gasteiger partial charge in [-0.1, -0.05) is 13.8 Å². The summed E-state index contributed by atoms with van der Waals surface area (Å²) in [6.07, 6.45) is 4.26. The van der Waals surface area contributed by atoms with Crippen molar-refractivity contribution in [3.8, 4) is 0 Å². The fourth-order valence-corrected chi connectivity index (χ4v) is 3.29. The maximum atomic E-state index is 5.59. The van der Waals surface area contributed by atoms with E-state index in [4.69, 9.17) is 4.74 Å². The number of fused-ring (bicyclic) bond motifs is 2. The molecule has 0 aromatic carbocycles. The lowest BCUT2D eigenvalue weighted by Crippen LogP contribution is -2.11. The van der Waals surface area contributed by atoms with E-state index in [0.29, 0.717) is 5.60 Å². The Kier molecular flexibility index (Phi) is 0.893. The summed E-state index contributed by atoms with van der Waals surface area (Å²) in [5.74, 6) is 1.84. The molecule has 1 spiro atoms. The molecule has 62 valence electrons. The van der Waals surface area contributed by atoms with Gasteiger partial charge in [-0.25, -0.2) is 0 Å². The van der Waals surface area contributed by atoms with Crippen LogP contribution >= 0.6 is 0 Å². The Hall–Kier alpha value is -0.0400. The topological polar surface area (TPSA) is 12.5 Å². The van der Waals surface area contributed by atoms with Crippen LogP contribution in [-0.4, -0.2) is 12.2 Å². The zero-order valence-electron chi connectivity index (χ0n) is 7.39. The normalized spacial score (nSPS) is 58.6. The van der Waals surface area contributed by atoms with Crippen molar-refractivity contribution in [1.29, 1.82) is 0 Å². The molecule has 1 aliphatic heterocycles. The number of hydrogen-bond donors (Lipinski definition) is 0. The van der Waals surface area contributed by atoms with Gasteiger partial charge in [0.25, 0.3) is 0 Å². The molecular weight excluding hydrogens is 136 g/mol. The van der Waals surface area contributed by atoms with Crippen LogP contribution in [0.3, 0.4) is 0 Å². The van der Waals surface area contributed by atoms with E-state index < -0.39 is 0 Å². The summed E-state index contributed by atoms with van der Waals surface area (Å²) in [5, 5.41) is 0. The van der Waals surface area contributed by atoms with Crippen molar-refractivity contribution in [2.24, 2.45) is 17.3 Å². The van der Waals surface area contributed by atoms with Crippen molar-refractivity contribution in [2.75, 3.05) is 6.61 Å². The minimum Gasteiger partial charge on any atom is -0.369 e. The van der Waals surface area contributed by atoms with Crippen molar-refractivity contribution >= 4 is 0 Å². The van der Waals surface area contributed by atoms with E-state index in [2.05, 4.69) is 13.8 Å². The minimum atomic E-state index is 0.421. The Balaban J connectivity index is 1.88. The zero-order valence-corrected chi connectivity index (χ0v) is 7.39. The average Bonchev–Trinajstić information content (AvgIpc) is 2.71. The first kappa shape index (κ1) is 6.47. The fraction of sp³-hybridized carbons (Fsp3) is 1.00. The Bertz CT molecular complexity index is 205. The van der Waals surface area contributed by atoms with E-state index in [9.17, 15) is 0 Å². The third-order valence-corrected chi connectivity index (χ3v) is 4.43. The second-order valence-corrected chi connectivity index (χ2v) is 5.00. The van der Waals surface area contributed by atoms with Crippen molar-refractivity contribution < 1.29 is 4.74 Å². The van der Waals surface area contributed by atoms with Gasteiger partial charge in [-0.3, -0.25) is 0 Å². The van der Waals surface area contributed by atoms with Crippen LogP contribution in [-0.2, 0) is 4.74 Å². The summed E-state index contributed by atoms with van der Waals surface area (Å²) in [6, 6.07) is 0. The Labute approximate surface area is 68.1 Å². The first-order valence-electron chi connectivity index (χ1n) is 4.84. The maximum absolute atomic E-state index is 5.59. The molecule has 1 heteroatoms. The molecule has 0 aromatic heterocycles. The molecule has 2 saturated carbocycles. The second kappa shape index (κ2) is 1.52. The van der Waals surface area contributed by atoms with Gasteiger partial charge in [-0.05, 0) is 36.5 Å². The van der Waals surface area contributed by atoms with Crippen molar-refractivity contribution in [3.63, 3.8) is 0 Å². The zero-order chi connectivity index (χ0) is 7.69. The first-order chi connectivity index (χ1) is 5.20. The van der Waals surface area contributed by atoms with Gasteiger partial charge in [0.2, 0.25) is 0 Å². The number of rotatable bonds is 1. The van der Waals surface area contributed by atoms with E-state index in [-0.39, 0.29) is 0 Å². The highest BCUT2D eigenvalue weighted by molar-refractivity contribution is 5.22. The van der Waals surface area contributed by atoms with E-state index in [0.717, 1.165) is 23.9 Å². The van der Waals surface area contributed by atoms with Crippen LogP contribution in [0.1, 0.15) is 33.1 Å². The third kappa shape index (κ3) is 0.581. The molecule has 0 aromatic rings. The summed E-state index contributed by atoms with van der Waals surface area (Å²) < 4.78 is 5.59. The number of ether oxygens (including phenoxy) is 1. The molecule has 1 heterocycles. The maximum Gasteiger partial charge on any atom is 0.0950 e. The van der Waals surface area contributed by atoms with E-state index in [1.165, 1.54) is 19.3 Å². The third-order valence-electron chi connectivity index (χ3n) is 4.43. The van der Waals surface area contributed by atoms with Gasteiger partial charge in [0.05, 0.1) is 12.2 Å². The second-order valence-electron chi connectivity index (χ2n) is 5.00. The van der Waals surface area contributed by atoms with E-state index in [1.807, 2.05) is 0 Å². The monoisotopic (exact) mass is 152 g/mol. The number of hydrogen-bond acceptors (Lipinski definition) is 1. The minimum absolute atomic E-state index is 0.421. The standard InChI is InChI=1S/C10H16O/c1-7(2)9-3-4-10(6-11-10)8(9)5-9/h7-8H,3-6H2,1-2H3. The van der Waals surface area contributed by atoms with Crippen LogP contribution in [0.25, 0.3) is 0 Å². The average molecular weight is 152 g/mol. The molecule has 0 amide bonds. The van der Waals surface area contributed by atoms with Crippen molar-refractivity contribution in [3.05, 3.63) is 0 Å². The lowest BCUT2D eigenvalue weighted by Gasteiger charge is -2.15. The summed E-state index contributed by atoms with van der Waals surface area (Å²) in [6.45, 7) is 5.83. The Morgan fingerprint density at radius 1 is 1.36 bits per heavy atom. The lowest BCUT2D eigenvalue weighted by molar-refractivity contribution is 0.276. The fourth-order valence-electron chi connectivity index (χ4n) is 3.29. The summed E-state index contributed by atoms with van der Waals surface area (Å²) in [5.41, 5.74) is 1.15. The molecule has 3 aliphatic rings. The van der Waals surface area contributed by atoms with Crippen LogP contribution < -0.4 is 0 Å². The largest absolute Gasteiger partial charge is 0.369 e. The molecular formula is C10H16O. The summed E-state index contributed by atoms with van der Waals surface area (Å²) in [4.78, 5) is 0. The SMILES string of the molecule is CC(C)C12CCC3(CO3)C1C2. The van der Waals surface area contributed by atoms with E-state index >= 15 is 0 Å². The highest BCUT2D eigenvalue weighted by atomic mass is 16.6. The number of epoxide rings is 1. The highest BCUT2D eigenvalue weighted by Crippen LogP contribution is 2.75. The predicted octanol–water partition coefficient (Wildman–Crippen LogP) is 2.21. The predicted molar refractivity (Wildman–Crippen MR) is 43.3 cm³/mol. The Morgan fingerprint density at radius 2 is 2.09 bits per heavy atom. The molecule has 0 radical (unpaired) electrons. The van der Waals surface area contributed by atoms with Gasteiger partial charge in [0, 0.05) is 0 Å². The highest BCUT2D eigenvalue weighted by Gasteiger charge is 2.74. The molecule has 1 saturated heterocycles. The molecule has 3 unspecified atom stereocenters.